The highest BCUT2D eigenvalue weighted by molar-refractivity contribution is 6.31. The van der Waals surface area contributed by atoms with Crippen LogP contribution in [0.1, 0.15) is 30.0 Å². The van der Waals surface area contributed by atoms with E-state index < -0.39 is 0 Å². The molecule has 2 aliphatic rings. The Hall–Kier alpha value is -1.46. The second-order valence-electron chi connectivity index (χ2n) is 5.76. The first-order chi connectivity index (χ1) is 10.7. The standard InChI is InChI=1S/C16H22ClN3O2/c1-22-14-6-5-12(17)15-11(14)3-2-4-13(15)18-7-9-20-10-8-19-16(20)21/h5-6,13,18H,2-4,7-10H2,1H3,(H,19,21). The number of carbonyl (C=O) groups is 1. The van der Waals surface area contributed by atoms with Gasteiger partial charge in [-0.2, -0.15) is 0 Å². The van der Waals surface area contributed by atoms with E-state index >= 15 is 0 Å². The van der Waals surface area contributed by atoms with Gasteiger partial charge in [0.1, 0.15) is 5.75 Å². The van der Waals surface area contributed by atoms with Crippen LogP contribution >= 0.6 is 11.6 Å². The summed E-state index contributed by atoms with van der Waals surface area (Å²) < 4.78 is 5.47. The normalized spacial score (nSPS) is 20.7. The molecule has 0 bridgehead atoms. The number of nitrogens with one attached hydrogen (secondary N) is 2. The van der Waals surface area contributed by atoms with Gasteiger partial charge >= 0.3 is 6.03 Å². The maximum absolute atomic E-state index is 11.5. The lowest BCUT2D eigenvalue weighted by atomic mass is 9.87. The molecular formula is C16H22ClN3O2. The highest BCUT2D eigenvalue weighted by Gasteiger charge is 2.26. The molecule has 0 radical (unpaired) electrons. The quantitative estimate of drug-likeness (QED) is 0.874. The molecule has 1 unspecified atom stereocenters. The largest absolute Gasteiger partial charge is 0.496 e. The third-order valence-corrected chi connectivity index (χ3v) is 4.80. The molecule has 0 spiro atoms. The molecule has 0 aromatic heterocycles. The molecule has 1 fully saturated rings. The van der Waals surface area contributed by atoms with E-state index in [9.17, 15) is 4.79 Å². The number of carbonyl (C=O) groups excluding carboxylic acids is 1. The van der Waals surface area contributed by atoms with E-state index in [0.717, 1.165) is 61.8 Å². The number of urea groups is 1. The van der Waals surface area contributed by atoms with Gasteiger partial charge < -0.3 is 20.3 Å². The summed E-state index contributed by atoms with van der Waals surface area (Å²) in [5.74, 6) is 0.921. The number of hydrogen-bond acceptors (Lipinski definition) is 3. The van der Waals surface area contributed by atoms with Gasteiger partial charge in [-0.3, -0.25) is 0 Å². The summed E-state index contributed by atoms with van der Waals surface area (Å²) >= 11 is 6.42. The Bertz CT molecular complexity index is 565. The molecule has 6 heteroatoms. The van der Waals surface area contributed by atoms with Crippen molar-refractivity contribution in [2.24, 2.45) is 0 Å². The van der Waals surface area contributed by atoms with Crippen molar-refractivity contribution in [3.63, 3.8) is 0 Å². The van der Waals surface area contributed by atoms with Crippen LogP contribution in [0.3, 0.4) is 0 Å². The Kier molecular flexibility index (Phi) is 4.74. The first-order valence-electron chi connectivity index (χ1n) is 7.82. The highest BCUT2D eigenvalue weighted by atomic mass is 35.5. The van der Waals surface area contributed by atoms with Crippen molar-refractivity contribution >= 4 is 17.6 Å². The minimum Gasteiger partial charge on any atom is -0.496 e. The first kappa shape index (κ1) is 15.4. The fraction of sp³-hybridized carbons (Fsp3) is 0.562. The lowest BCUT2D eigenvalue weighted by molar-refractivity contribution is 0.216. The second-order valence-corrected chi connectivity index (χ2v) is 6.17. The summed E-state index contributed by atoms with van der Waals surface area (Å²) in [6, 6.07) is 4.12. The third kappa shape index (κ3) is 3.01. The van der Waals surface area contributed by atoms with E-state index in [2.05, 4.69) is 10.6 Å². The summed E-state index contributed by atoms with van der Waals surface area (Å²) in [5.41, 5.74) is 2.39. The fourth-order valence-electron chi connectivity index (χ4n) is 3.37. The summed E-state index contributed by atoms with van der Waals surface area (Å²) in [4.78, 5) is 13.4. The molecule has 0 saturated carbocycles. The third-order valence-electron chi connectivity index (χ3n) is 4.47. The van der Waals surface area contributed by atoms with E-state index in [1.54, 1.807) is 7.11 Å². The number of rotatable bonds is 5. The van der Waals surface area contributed by atoms with E-state index in [-0.39, 0.29) is 12.1 Å². The van der Waals surface area contributed by atoms with Crippen LogP contribution in [0.2, 0.25) is 5.02 Å². The van der Waals surface area contributed by atoms with Gasteiger partial charge in [0.15, 0.2) is 0 Å². The molecule has 1 atom stereocenters. The molecule has 1 saturated heterocycles. The molecule has 2 amide bonds. The molecule has 1 aromatic carbocycles. The van der Waals surface area contributed by atoms with Crippen LogP contribution in [0.4, 0.5) is 4.79 Å². The van der Waals surface area contributed by atoms with Gasteiger partial charge in [-0.1, -0.05) is 11.6 Å². The predicted molar refractivity (Wildman–Crippen MR) is 86.7 cm³/mol. The van der Waals surface area contributed by atoms with Gasteiger partial charge in [-0.05, 0) is 37.0 Å². The van der Waals surface area contributed by atoms with Crippen LogP contribution in [0, 0.1) is 0 Å². The molecule has 1 heterocycles. The zero-order valence-corrected chi connectivity index (χ0v) is 13.6. The molecule has 3 rings (SSSR count). The lowest BCUT2D eigenvalue weighted by Gasteiger charge is -2.29. The van der Waals surface area contributed by atoms with Crippen molar-refractivity contribution in [3.8, 4) is 5.75 Å². The Morgan fingerprint density at radius 3 is 3.09 bits per heavy atom. The number of nitrogens with zero attached hydrogens (tertiary/aromatic N) is 1. The van der Waals surface area contributed by atoms with Gasteiger partial charge in [-0.15, -0.1) is 0 Å². The molecule has 120 valence electrons. The smallest absolute Gasteiger partial charge is 0.317 e. The molecular weight excluding hydrogens is 302 g/mol. The summed E-state index contributed by atoms with van der Waals surface area (Å²) in [6.07, 6.45) is 3.18. The van der Waals surface area contributed by atoms with Gasteiger partial charge in [-0.25, -0.2) is 4.79 Å². The average Bonchev–Trinajstić information content (AvgIpc) is 2.93. The molecule has 5 nitrogen and oxygen atoms in total. The average molecular weight is 324 g/mol. The van der Waals surface area contributed by atoms with Crippen LogP contribution in [0.25, 0.3) is 0 Å². The van der Waals surface area contributed by atoms with Crippen molar-refractivity contribution in [1.82, 2.24) is 15.5 Å². The monoisotopic (exact) mass is 323 g/mol. The minimum atomic E-state index is 0.0329. The first-order valence-corrected chi connectivity index (χ1v) is 8.20. The van der Waals surface area contributed by atoms with Crippen molar-refractivity contribution in [2.75, 3.05) is 33.3 Å². The number of amides is 2. The lowest BCUT2D eigenvalue weighted by Crippen LogP contribution is -2.36. The number of fused-ring (bicyclic) bond motifs is 1. The van der Waals surface area contributed by atoms with Gasteiger partial charge in [0.25, 0.3) is 0 Å². The molecule has 1 aromatic rings. The van der Waals surface area contributed by atoms with E-state index in [0.29, 0.717) is 0 Å². The Balaban J connectivity index is 1.68. The maximum Gasteiger partial charge on any atom is 0.317 e. The van der Waals surface area contributed by atoms with Gasteiger partial charge in [0.2, 0.25) is 0 Å². The van der Waals surface area contributed by atoms with Crippen molar-refractivity contribution in [3.05, 3.63) is 28.3 Å². The van der Waals surface area contributed by atoms with Crippen LogP contribution in [-0.4, -0.2) is 44.2 Å². The number of methoxy groups -OCH3 is 1. The number of benzene rings is 1. The molecule has 22 heavy (non-hydrogen) atoms. The fourth-order valence-corrected chi connectivity index (χ4v) is 3.68. The topological polar surface area (TPSA) is 53.6 Å². The van der Waals surface area contributed by atoms with Crippen LogP contribution in [-0.2, 0) is 6.42 Å². The van der Waals surface area contributed by atoms with Crippen LogP contribution in [0.15, 0.2) is 12.1 Å². The number of ether oxygens (including phenoxy) is 1. The van der Waals surface area contributed by atoms with Crippen LogP contribution in [0.5, 0.6) is 5.75 Å². The zero-order valence-electron chi connectivity index (χ0n) is 12.8. The Morgan fingerprint density at radius 2 is 2.36 bits per heavy atom. The van der Waals surface area contributed by atoms with Gasteiger partial charge in [0, 0.05) is 42.8 Å². The number of hydrogen-bond donors (Lipinski definition) is 2. The zero-order chi connectivity index (χ0) is 15.5. The highest BCUT2D eigenvalue weighted by Crippen LogP contribution is 2.39. The Morgan fingerprint density at radius 1 is 1.50 bits per heavy atom. The molecule has 1 aliphatic carbocycles. The molecule has 1 aliphatic heterocycles. The van der Waals surface area contributed by atoms with E-state index in [4.69, 9.17) is 16.3 Å². The van der Waals surface area contributed by atoms with E-state index in [1.165, 1.54) is 5.56 Å². The summed E-state index contributed by atoms with van der Waals surface area (Å²) in [6.45, 7) is 3.02. The molecule has 2 N–H and O–H groups in total. The number of halogens is 1. The van der Waals surface area contributed by atoms with Crippen LogP contribution < -0.4 is 15.4 Å². The SMILES string of the molecule is COc1ccc(Cl)c2c1CCCC2NCCN1CCNC1=O. The minimum absolute atomic E-state index is 0.0329. The maximum atomic E-state index is 11.5. The second kappa shape index (κ2) is 6.75. The summed E-state index contributed by atoms with van der Waals surface area (Å²) in [5, 5.41) is 7.17. The van der Waals surface area contributed by atoms with Crippen molar-refractivity contribution in [2.45, 2.75) is 25.3 Å². The van der Waals surface area contributed by atoms with Crippen molar-refractivity contribution < 1.29 is 9.53 Å². The van der Waals surface area contributed by atoms with Crippen molar-refractivity contribution in [1.29, 1.82) is 0 Å². The van der Waals surface area contributed by atoms with Gasteiger partial charge in [0.05, 0.1) is 7.11 Å². The summed E-state index contributed by atoms with van der Waals surface area (Å²) in [7, 11) is 1.70. The Labute approximate surface area is 136 Å². The van der Waals surface area contributed by atoms with E-state index in [1.807, 2.05) is 17.0 Å². The predicted octanol–water partition coefficient (Wildman–Crippen LogP) is 2.34.